The lowest BCUT2D eigenvalue weighted by molar-refractivity contribution is -0.404. The van der Waals surface area contributed by atoms with Gasteiger partial charge in [0.15, 0.2) is 5.82 Å². The van der Waals surface area contributed by atoms with Gasteiger partial charge in [0.2, 0.25) is 0 Å². The average molecular weight is 256 g/mol. The molecule has 1 rings (SSSR count). The zero-order chi connectivity index (χ0) is 12.5. The topological polar surface area (TPSA) is 80.1 Å². The minimum atomic E-state index is -0.478. The molecule has 2 N–H and O–H groups in total. The second-order valence-corrected chi connectivity index (χ2v) is 4.37. The first kappa shape index (κ1) is 13.4. The lowest BCUT2D eigenvalue weighted by atomic mass is 10.2. The van der Waals surface area contributed by atoms with Crippen molar-refractivity contribution in [1.29, 1.82) is 0 Å². The van der Waals surface area contributed by atoms with Crippen molar-refractivity contribution >= 4 is 11.3 Å². The van der Waals surface area contributed by atoms with E-state index in [0.717, 1.165) is 30.5 Å². The maximum Gasteiger partial charge on any atom is 0.274 e. The van der Waals surface area contributed by atoms with Crippen molar-refractivity contribution < 1.29 is 4.92 Å². The van der Waals surface area contributed by atoms with Gasteiger partial charge in [-0.05, 0) is 19.3 Å². The normalized spacial score (nSPS) is 11.2. The molecule has 94 valence electrons. The molecular weight excluding hydrogens is 240 g/mol. The number of rotatable bonds is 8. The van der Waals surface area contributed by atoms with Crippen molar-refractivity contribution in [3.05, 3.63) is 38.7 Å². The fourth-order valence-corrected chi connectivity index (χ4v) is 1.97. The predicted molar refractivity (Wildman–Crippen MR) is 67.2 cm³/mol. The first-order chi connectivity index (χ1) is 8.22. The van der Waals surface area contributed by atoms with Gasteiger partial charge in [0.1, 0.15) is 0 Å². The van der Waals surface area contributed by atoms with Gasteiger partial charge in [-0.15, -0.1) is 11.3 Å². The molecule has 0 aromatic carbocycles. The number of aryl methyl sites for hydroxylation is 1. The van der Waals surface area contributed by atoms with Crippen LogP contribution in [0.5, 0.6) is 0 Å². The molecule has 0 fully saturated rings. The van der Waals surface area contributed by atoms with Gasteiger partial charge >= 0.3 is 0 Å². The van der Waals surface area contributed by atoms with E-state index in [4.69, 9.17) is 0 Å². The Morgan fingerprint density at radius 1 is 1.65 bits per heavy atom. The molecule has 0 amide bonds. The Labute approximate surface area is 104 Å². The van der Waals surface area contributed by atoms with Gasteiger partial charge in [-0.3, -0.25) is 10.1 Å². The summed E-state index contributed by atoms with van der Waals surface area (Å²) in [6.45, 7) is 0.714. The van der Waals surface area contributed by atoms with Crippen LogP contribution in [0.25, 0.3) is 0 Å². The van der Waals surface area contributed by atoms with Crippen LogP contribution in [0.1, 0.15) is 17.8 Å². The van der Waals surface area contributed by atoms with Crippen LogP contribution in [0, 0.1) is 10.1 Å². The first-order valence-electron chi connectivity index (χ1n) is 5.37. The fourth-order valence-electron chi connectivity index (χ4n) is 1.30. The van der Waals surface area contributed by atoms with E-state index in [-0.39, 0.29) is 0 Å². The number of thiazole rings is 1. The van der Waals surface area contributed by atoms with Crippen LogP contribution in [0.3, 0.4) is 0 Å². The molecule has 0 saturated carbocycles. The molecule has 0 atom stereocenters. The second kappa shape index (κ2) is 7.61. The Hall–Kier alpha value is -1.63. The zero-order valence-corrected chi connectivity index (χ0v) is 10.5. The van der Waals surface area contributed by atoms with E-state index < -0.39 is 4.92 Å². The molecule has 1 aromatic rings. The molecule has 0 unspecified atom stereocenters. The number of nitro groups is 1. The number of hydrogen-bond acceptors (Lipinski definition) is 6. The van der Waals surface area contributed by atoms with E-state index in [1.807, 2.05) is 5.38 Å². The Kier molecular flexibility index (Phi) is 6.02. The van der Waals surface area contributed by atoms with Gasteiger partial charge in [-0.1, -0.05) is 0 Å². The third kappa shape index (κ3) is 5.86. The maximum atomic E-state index is 10.3. The molecule has 17 heavy (non-hydrogen) atoms. The monoisotopic (exact) mass is 256 g/mol. The molecule has 0 aliphatic rings. The molecule has 0 bridgehead atoms. The molecule has 0 aliphatic carbocycles. The average Bonchev–Trinajstić information content (AvgIpc) is 2.79. The van der Waals surface area contributed by atoms with E-state index in [9.17, 15) is 10.1 Å². The smallest absolute Gasteiger partial charge is 0.274 e. The quantitative estimate of drug-likeness (QED) is 0.417. The van der Waals surface area contributed by atoms with Crippen molar-refractivity contribution in [3.63, 3.8) is 0 Å². The number of nitrogens with one attached hydrogen (secondary N) is 2. The van der Waals surface area contributed by atoms with E-state index in [1.165, 1.54) is 0 Å². The van der Waals surface area contributed by atoms with Crippen LogP contribution in [0.15, 0.2) is 23.6 Å². The van der Waals surface area contributed by atoms with Gasteiger partial charge in [0, 0.05) is 25.2 Å². The van der Waals surface area contributed by atoms with Gasteiger partial charge < -0.3 is 10.6 Å². The van der Waals surface area contributed by atoms with E-state index >= 15 is 0 Å². The number of nitrogens with zero attached hydrogens (tertiary/aromatic N) is 2. The summed E-state index contributed by atoms with van der Waals surface area (Å²) in [5.74, 6) is 0.434. The molecule has 6 nitrogen and oxygen atoms in total. The number of hydrogen-bond donors (Lipinski definition) is 2. The van der Waals surface area contributed by atoms with Crippen LogP contribution in [-0.2, 0) is 6.42 Å². The summed E-state index contributed by atoms with van der Waals surface area (Å²) in [5, 5.41) is 19.1. The van der Waals surface area contributed by atoms with Crippen LogP contribution < -0.4 is 10.6 Å². The van der Waals surface area contributed by atoms with Crippen LogP contribution in [0.4, 0.5) is 0 Å². The maximum absolute atomic E-state index is 10.3. The molecule has 0 radical (unpaired) electrons. The molecule has 0 saturated heterocycles. The Morgan fingerprint density at radius 2 is 2.47 bits per heavy atom. The van der Waals surface area contributed by atoms with Crippen molar-refractivity contribution in [1.82, 2.24) is 15.6 Å². The van der Waals surface area contributed by atoms with Gasteiger partial charge in [0.05, 0.1) is 9.93 Å². The van der Waals surface area contributed by atoms with Crippen LogP contribution >= 0.6 is 11.3 Å². The van der Waals surface area contributed by atoms with Crippen LogP contribution in [0.2, 0.25) is 0 Å². The van der Waals surface area contributed by atoms with Gasteiger partial charge in [0.25, 0.3) is 6.20 Å². The van der Waals surface area contributed by atoms with Crippen LogP contribution in [-0.4, -0.2) is 23.5 Å². The highest BCUT2D eigenvalue weighted by Crippen LogP contribution is 2.07. The summed E-state index contributed by atoms with van der Waals surface area (Å²) < 4.78 is 0. The number of aromatic nitrogens is 1. The first-order valence-corrected chi connectivity index (χ1v) is 6.25. The van der Waals surface area contributed by atoms with E-state index in [2.05, 4.69) is 15.6 Å². The molecule has 7 heteroatoms. The standard InChI is InChI=1S/C10H16N4O2S/c1-11-9(8-14(15)16)12-5-3-2-4-10-13-6-7-17-10/h6-8,11-12H,2-5H2,1H3. The summed E-state index contributed by atoms with van der Waals surface area (Å²) in [5.41, 5.74) is 0. The summed E-state index contributed by atoms with van der Waals surface area (Å²) in [6.07, 6.45) is 5.68. The van der Waals surface area contributed by atoms with Crippen molar-refractivity contribution in [2.75, 3.05) is 13.6 Å². The molecule has 1 aromatic heterocycles. The Balaban J connectivity index is 2.13. The van der Waals surface area contributed by atoms with E-state index in [1.54, 1.807) is 24.6 Å². The Bertz CT molecular complexity index is 364. The van der Waals surface area contributed by atoms with E-state index in [0.29, 0.717) is 12.4 Å². The molecule has 1 heterocycles. The lowest BCUT2D eigenvalue weighted by Gasteiger charge is -2.06. The van der Waals surface area contributed by atoms with Crippen molar-refractivity contribution in [3.8, 4) is 0 Å². The summed E-state index contributed by atoms with van der Waals surface area (Å²) in [7, 11) is 1.65. The zero-order valence-electron chi connectivity index (χ0n) is 9.68. The highest BCUT2D eigenvalue weighted by atomic mass is 32.1. The minimum Gasteiger partial charge on any atom is -0.370 e. The second-order valence-electron chi connectivity index (χ2n) is 3.39. The molecular formula is C10H16N4O2S. The third-order valence-corrected chi connectivity index (χ3v) is 2.96. The summed E-state index contributed by atoms with van der Waals surface area (Å²) in [4.78, 5) is 14.0. The number of unbranched alkanes of at least 4 members (excludes halogenated alkanes) is 1. The predicted octanol–water partition coefficient (Wildman–Crippen LogP) is 1.35. The minimum absolute atomic E-state index is 0.434. The largest absolute Gasteiger partial charge is 0.370 e. The third-order valence-electron chi connectivity index (χ3n) is 2.12. The summed E-state index contributed by atoms with van der Waals surface area (Å²) >= 11 is 1.66. The molecule has 0 spiro atoms. The van der Waals surface area contributed by atoms with Crippen molar-refractivity contribution in [2.24, 2.45) is 0 Å². The lowest BCUT2D eigenvalue weighted by Crippen LogP contribution is -2.25. The Morgan fingerprint density at radius 3 is 3.06 bits per heavy atom. The summed E-state index contributed by atoms with van der Waals surface area (Å²) in [6, 6.07) is 0. The van der Waals surface area contributed by atoms with Gasteiger partial charge in [-0.25, -0.2) is 4.98 Å². The van der Waals surface area contributed by atoms with Gasteiger partial charge in [-0.2, -0.15) is 0 Å². The fraction of sp³-hybridized carbons (Fsp3) is 0.500. The molecule has 0 aliphatic heterocycles. The highest BCUT2D eigenvalue weighted by Gasteiger charge is 1.99. The SMILES string of the molecule is CNC(=C[N+](=O)[O-])NCCCCc1nccs1. The highest BCUT2D eigenvalue weighted by molar-refractivity contribution is 7.09. The van der Waals surface area contributed by atoms with Crippen molar-refractivity contribution in [2.45, 2.75) is 19.3 Å².